The molecule has 1 aromatic heterocycles. The molecule has 0 aromatic carbocycles. The summed E-state index contributed by atoms with van der Waals surface area (Å²) in [6.07, 6.45) is 8.49. The van der Waals surface area contributed by atoms with Crippen molar-refractivity contribution in [2.24, 2.45) is 0 Å². The van der Waals surface area contributed by atoms with E-state index in [2.05, 4.69) is 23.4 Å². The smallest absolute Gasteiger partial charge is 0.0951 e. The standard InChI is InChI=1S/C11H20N2O/c1-3-4-5-6-10(2)13-9-12-7-11(13)8-14/h7,9-10,14H,3-6,8H2,1-2H3. The van der Waals surface area contributed by atoms with Crippen LogP contribution in [0, 0.1) is 0 Å². The molecule has 80 valence electrons. The third kappa shape index (κ3) is 2.84. The molecule has 0 aliphatic rings. The summed E-state index contributed by atoms with van der Waals surface area (Å²) in [6, 6.07) is 0.450. The monoisotopic (exact) mass is 196 g/mol. The highest BCUT2D eigenvalue weighted by molar-refractivity contribution is 4.97. The molecule has 3 heteroatoms. The Kier molecular flexibility index (Phi) is 4.66. The van der Waals surface area contributed by atoms with E-state index in [9.17, 15) is 0 Å². The van der Waals surface area contributed by atoms with Gasteiger partial charge in [-0.2, -0.15) is 0 Å². The minimum atomic E-state index is 0.0815. The van der Waals surface area contributed by atoms with Crippen molar-refractivity contribution in [1.82, 2.24) is 9.55 Å². The summed E-state index contributed by atoms with van der Waals surface area (Å²) in [4.78, 5) is 4.05. The highest BCUT2D eigenvalue weighted by atomic mass is 16.3. The lowest BCUT2D eigenvalue weighted by molar-refractivity contribution is 0.265. The van der Waals surface area contributed by atoms with E-state index in [1.807, 2.05) is 6.33 Å². The van der Waals surface area contributed by atoms with E-state index in [1.54, 1.807) is 6.20 Å². The van der Waals surface area contributed by atoms with E-state index in [1.165, 1.54) is 19.3 Å². The molecule has 1 N–H and O–H groups in total. The molecular weight excluding hydrogens is 176 g/mol. The number of unbranched alkanes of at least 4 members (excludes halogenated alkanes) is 2. The Morgan fingerprint density at radius 2 is 2.29 bits per heavy atom. The van der Waals surface area contributed by atoms with Crippen LogP contribution in [0.15, 0.2) is 12.5 Å². The van der Waals surface area contributed by atoms with Crippen LogP contribution in [-0.4, -0.2) is 14.7 Å². The van der Waals surface area contributed by atoms with Crippen LogP contribution in [-0.2, 0) is 6.61 Å². The van der Waals surface area contributed by atoms with Crippen LogP contribution in [0.3, 0.4) is 0 Å². The lowest BCUT2D eigenvalue weighted by Crippen LogP contribution is -2.07. The maximum atomic E-state index is 9.07. The second-order valence-corrected chi connectivity index (χ2v) is 3.80. The van der Waals surface area contributed by atoms with Crippen molar-refractivity contribution in [1.29, 1.82) is 0 Å². The first-order chi connectivity index (χ1) is 6.79. The third-order valence-corrected chi connectivity index (χ3v) is 2.61. The Balaban J connectivity index is 2.47. The molecule has 0 spiro atoms. The number of imidazole rings is 1. The fourth-order valence-corrected chi connectivity index (χ4v) is 1.68. The van der Waals surface area contributed by atoms with Crippen LogP contribution in [0.5, 0.6) is 0 Å². The number of hydrogen-bond acceptors (Lipinski definition) is 2. The fraction of sp³-hybridized carbons (Fsp3) is 0.727. The second-order valence-electron chi connectivity index (χ2n) is 3.80. The van der Waals surface area contributed by atoms with Gasteiger partial charge in [0.25, 0.3) is 0 Å². The average Bonchev–Trinajstić information content (AvgIpc) is 2.65. The van der Waals surface area contributed by atoms with Crippen molar-refractivity contribution in [3.05, 3.63) is 18.2 Å². The fourth-order valence-electron chi connectivity index (χ4n) is 1.68. The number of nitrogens with zero attached hydrogens (tertiary/aromatic N) is 2. The van der Waals surface area contributed by atoms with Crippen LogP contribution < -0.4 is 0 Å². The molecule has 0 saturated heterocycles. The van der Waals surface area contributed by atoms with Crippen LogP contribution in [0.1, 0.15) is 51.3 Å². The van der Waals surface area contributed by atoms with Crippen molar-refractivity contribution < 1.29 is 5.11 Å². The Morgan fingerprint density at radius 1 is 1.50 bits per heavy atom. The first-order valence-corrected chi connectivity index (χ1v) is 5.41. The van der Waals surface area contributed by atoms with Gasteiger partial charge in [-0.25, -0.2) is 4.98 Å². The molecule has 0 amide bonds. The zero-order chi connectivity index (χ0) is 10.4. The molecule has 1 aromatic rings. The van der Waals surface area contributed by atoms with Crippen molar-refractivity contribution in [3.8, 4) is 0 Å². The van der Waals surface area contributed by atoms with Gasteiger partial charge in [0.2, 0.25) is 0 Å². The van der Waals surface area contributed by atoms with Gasteiger partial charge in [0.15, 0.2) is 0 Å². The normalized spacial score (nSPS) is 13.1. The second kappa shape index (κ2) is 5.81. The predicted octanol–water partition coefficient (Wildman–Crippen LogP) is 2.52. The van der Waals surface area contributed by atoms with Gasteiger partial charge in [0, 0.05) is 6.04 Å². The summed E-state index contributed by atoms with van der Waals surface area (Å²) in [5, 5.41) is 9.07. The largest absolute Gasteiger partial charge is 0.390 e. The van der Waals surface area contributed by atoms with Crippen LogP contribution in [0.4, 0.5) is 0 Å². The third-order valence-electron chi connectivity index (χ3n) is 2.61. The number of rotatable bonds is 6. The number of aliphatic hydroxyl groups is 1. The molecule has 1 atom stereocenters. The van der Waals surface area contributed by atoms with Gasteiger partial charge in [-0.1, -0.05) is 26.2 Å². The molecule has 3 nitrogen and oxygen atoms in total. The van der Waals surface area contributed by atoms with E-state index in [-0.39, 0.29) is 6.61 Å². The summed E-state index contributed by atoms with van der Waals surface area (Å²) in [5.74, 6) is 0. The molecular formula is C11H20N2O. The SMILES string of the molecule is CCCCCC(C)n1cncc1CO. The van der Waals surface area contributed by atoms with Crippen LogP contribution >= 0.6 is 0 Å². The van der Waals surface area contributed by atoms with E-state index in [0.717, 1.165) is 12.1 Å². The van der Waals surface area contributed by atoms with Crippen LogP contribution in [0.2, 0.25) is 0 Å². The molecule has 1 rings (SSSR count). The Labute approximate surface area is 85.8 Å². The molecule has 1 heterocycles. The van der Waals surface area contributed by atoms with Crippen molar-refractivity contribution in [2.45, 2.75) is 52.2 Å². The summed E-state index contributed by atoms with van der Waals surface area (Å²) in [6.45, 7) is 4.47. The molecule has 0 saturated carbocycles. The van der Waals surface area contributed by atoms with Crippen molar-refractivity contribution >= 4 is 0 Å². The Morgan fingerprint density at radius 3 is 2.93 bits per heavy atom. The lowest BCUT2D eigenvalue weighted by atomic mass is 10.1. The van der Waals surface area contributed by atoms with Crippen molar-refractivity contribution in [3.63, 3.8) is 0 Å². The molecule has 0 fully saturated rings. The summed E-state index contributed by atoms with van der Waals surface area (Å²) < 4.78 is 2.07. The highest BCUT2D eigenvalue weighted by Crippen LogP contribution is 2.17. The minimum absolute atomic E-state index is 0.0815. The zero-order valence-corrected chi connectivity index (χ0v) is 9.11. The van der Waals surface area contributed by atoms with Gasteiger partial charge >= 0.3 is 0 Å². The number of aromatic nitrogens is 2. The molecule has 0 aliphatic carbocycles. The summed E-state index contributed by atoms with van der Waals surface area (Å²) >= 11 is 0. The summed E-state index contributed by atoms with van der Waals surface area (Å²) in [7, 11) is 0. The zero-order valence-electron chi connectivity index (χ0n) is 9.11. The molecule has 1 unspecified atom stereocenters. The minimum Gasteiger partial charge on any atom is -0.390 e. The van der Waals surface area contributed by atoms with Gasteiger partial charge in [0.05, 0.1) is 24.8 Å². The maximum Gasteiger partial charge on any atom is 0.0951 e. The molecule has 0 bridgehead atoms. The maximum absolute atomic E-state index is 9.07. The van der Waals surface area contributed by atoms with E-state index in [4.69, 9.17) is 5.11 Å². The van der Waals surface area contributed by atoms with Crippen molar-refractivity contribution in [2.75, 3.05) is 0 Å². The topological polar surface area (TPSA) is 38.0 Å². The highest BCUT2D eigenvalue weighted by Gasteiger charge is 2.07. The lowest BCUT2D eigenvalue weighted by Gasteiger charge is -2.15. The first-order valence-electron chi connectivity index (χ1n) is 5.41. The van der Waals surface area contributed by atoms with Gasteiger partial charge in [0.1, 0.15) is 0 Å². The van der Waals surface area contributed by atoms with Crippen LogP contribution in [0.25, 0.3) is 0 Å². The van der Waals surface area contributed by atoms with E-state index < -0.39 is 0 Å². The first kappa shape index (κ1) is 11.2. The average molecular weight is 196 g/mol. The van der Waals surface area contributed by atoms with E-state index >= 15 is 0 Å². The molecule has 0 aliphatic heterocycles. The number of aliphatic hydroxyl groups excluding tert-OH is 1. The van der Waals surface area contributed by atoms with Gasteiger partial charge in [-0.15, -0.1) is 0 Å². The Bertz CT molecular complexity index is 258. The van der Waals surface area contributed by atoms with Gasteiger partial charge < -0.3 is 9.67 Å². The predicted molar refractivity (Wildman–Crippen MR) is 57.0 cm³/mol. The van der Waals surface area contributed by atoms with E-state index in [0.29, 0.717) is 6.04 Å². The summed E-state index contributed by atoms with van der Waals surface area (Å²) in [5.41, 5.74) is 0.911. The van der Waals surface area contributed by atoms with Gasteiger partial charge in [-0.05, 0) is 13.3 Å². The van der Waals surface area contributed by atoms with Gasteiger partial charge in [-0.3, -0.25) is 0 Å². The quantitative estimate of drug-likeness (QED) is 0.710. The Hall–Kier alpha value is -0.830. The molecule has 14 heavy (non-hydrogen) atoms. The number of hydrogen-bond donors (Lipinski definition) is 1. The molecule has 0 radical (unpaired) electrons.